The van der Waals surface area contributed by atoms with Crippen LogP contribution >= 0.6 is 11.3 Å². The van der Waals surface area contributed by atoms with Crippen molar-refractivity contribution in [3.8, 4) is 5.69 Å². The summed E-state index contributed by atoms with van der Waals surface area (Å²) in [4.78, 5) is 33.0. The topological polar surface area (TPSA) is 99.0 Å². The van der Waals surface area contributed by atoms with Crippen molar-refractivity contribution in [2.75, 3.05) is 18.0 Å². The van der Waals surface area contributed by atoms with Crippen molar-refractivity contribution in [3.05, 3.63) is 92.6 Å². The Morgan fingerprint density at radius 1 is 1.14 bits per heavy atom. The van der Waals surface area contributed by atoms with Gasteiger partial charge in [-0.2, -0.15) is 9.78 Å². The van der Waals surface area contributed by atoms with E-state index in [1.54, 1.807) is 31.2 Å². The van der Waals surface area contributed by atoms with Crippen LogP contribution in [0.15, 0.2) is 53.6 Å². The van der Waals surface area contributed by atoms with E-state index in [0.717, 1.165) is 26.5 Å². The molecule has 0 aliphatic carbocycles. The van der Waals surface area contributed by atoms with E-state index in [1.165, 1.54) is 23.7 Å². The van der Waals surface area contributed by atoms with Gasteiger partial charge in [-0.15, -0.1) is 0 Å². The van der Waals surface area contributed by atoms with Crippen LogP contribution in [0.1, 0.15) is 33.4 Å². The molecule has 2 aromatic carbocycles. The van der Waals surface area contributed by atoms with Gasteiger partial charge in [0.25, 0.3) is 0 Å². The Morgan fingerprint density at radius 3 is 2.43 bits per heavy atom. The predicted octanol–water partition coefficient (Wildman–Crippen LogP) is 2.89. The predicted molar refractivity (Wildman–Crippen MR) is 128 cm³/mol. The van der Waals surface area contributed by atoms with Gasteiger partial charge in [-0.05, 0) is 50.2 Å². The summed E-state index contributed by atoms with van der Waals surface area (Å²) < 4.78 is 30.1. The van der Waals surface area contributed by atoms with E-state index in [9.17, 15) is 18.4 Å². The summed E-state index contributed by atoms with van der Waals surface area (Å²) in [6.07, 6.45) is 1.22. The molecule has 35 heavy (non-hydrogen) atoms. The largest absolute Gasteiger partial charge is 0.350 e. The molecular weight excluding hydrogens is 474 g/mol. The van der Waals surface area contributed by atoms with E-state index < -0.39 is 17.3 Å². The molecule has 1 saturated heterocycles. The number of anilines is 1. The Labute approximate surface area is 203 Å². The van der Waals surface area contributed by atoms with Gasteiger partial charge in [0.05, 0.1) is 22.8 Å². The first-order chi connectivity index (χ1) is 16.6. The van der Waals surface area contributed by atoms with Crippen LogP contribution in [0, 0.1) is 18.6 Å². The Bertz CT molecular complexity index is 1460. The van der Waals surface area contributed by atoms with E-state index in [2.05, 4.69) is 10.1 Å². The van der Waals surface area contributed by atoms with Gasteiger partial charge in [-0.3, -0.25) is 9.36 Å². The number of carbonyl (C=O) groups is 1. The quantitative estimate of drug-likeness (QED) is 0.412. The molecule has 2 N–H and O–H groups in total. The minimum absolute atomic E-state index is 0.165. The van der Waals surface area contributed by atoms with Gasteiger partial charge in [0, 0.05) is 29.8 Å². The molecule has 1 aliphatic heterocycles. The lowest BCUT2D eigenvalue weighted by molar-refractivity contribution is 0.104. The first kappa shape index (κ1) is 23.1. The van der Waals surface area contributed by atoms with Crippen LogP contribution in [0.4, 0.5) is 13.9 Å². The van der Waals surface area contributed by atoms with Gasteiger partial charge in [0.15, 0.2) is 5.13 Å². The van der Waals surface area contributed by atoms with Gasteiger partial charge < -0.3 is 10.6 Å². The van der Waals surface area contributed by atoms with Crippen molar-refractivity contribution in [1.82, 2.24) is 19.3 Å². The number of nitrogens with zero attached hydrogens (tertiary/aromatic N) is 5. The molecule has 0 bridgehead atoms. The highest BCUT2D eigenvalue weighted by molar-refractivity contribution is 7.17. The molecular formula is C24H22F2N6O2S. The Balaban J connectivity index is 1.35. The molecule has 8 nitrogen and oxygen atoms in total. The number of rotatable bonds is 6. The van der Waals surface area contributed by atoms with Gasteiger partial charge in [0.2, 0.25) is 5.78 Å². The van der Waals surface area contributed by atoms with Crippen LogP contribution < -0.4 is 16.3 Å². The van der Waals surface area contributed by atoms with Crippen molar-refractivity contribution in [3.63, 3.8) is 0 Å². The first-order valence-corrected chi connectivity index (χ1v) is 11.7. The monoisotopic (exact) mass is 496 g/mol. The van der Waals surface area contributed by atoms with Crippen LogP contribution in [0.5, 0.6) is 0 Å². The third-order valence-electron chi connectivity index (χ3n) is 5.86. The summed E-state index contributed by atoms with van der Waals surface area (Å²) in [7, 11) is 0. The van der Waals surface area contributed by atoms with Crippen molar-refractivity contribution in [1.29, 1.82) is 0 Å². The van der Waals surface area contributed by atoms with Crippen LogP contribution in [0.2, 0.25) is 0 Å². The van der Waals surface area contributed by atoms with E-state index in [4.69, 9.17) is 5.73 Å². The number of halogens is 2. The van der Waals surface area contributed by atoms with Crippen LogP contribution in [0.25, 0.3) is 5.69 Å². The van der Waals surface area contributed by atoms with Crippen molar-refractivity contribution >= 4 is 22.3 Å². The molecule has 0 atom stereocenters. The third-order valence-corrected chi connectivity index (χ3v) is 7.08. The van der Waals surface area contributed by atoms with E-state index in [1.807, 2.05) is 11.8 Å². The average molecular weight is 497 g/mol. The fourth-order valence-corrected chi connectivity index (χ4v) is 5.08. The number of benzene rings is 2. The molecule has 5 rings (SSSR count). The summed E-state index contributed by atoms with van der Waals surface area (Å²) in [5.41, 5.74) is 6.57. The fraction of sp³-hybridized carbons (Fsp3) is 0.250. The minimum atomic E-state index is -0.736. The Kier molecular flexibility index (Phi) is 5.60. The number of thiazole rings is 1. The zero-order valence-corrected chi connectivity index (χ0v) is 19.9. The molecule has 180 valence electrons. The van der Waals surface area contributed by atoms with Crippen LogP contribution in [0.3, 0.4) is 0 Å². The molecule has 0 saturated carbocycles. The summed E-state index contributed by atoms with van der Waals surface area (Å²) in [5.74, 6) is -1.64. The second kappa shape index (κ2) is 8.51. The summed E-state index contributed by atoms with van der Waals surface area (Å²) in [6, 6.07) is 9.95. The molecule has 1 aliphatic rings. The Hall–Kier alpha value is -3.70. The number of aryl methyl sites for hydroxylation is 1. The smallest absolute Gasteiger partial charge is 0.344 e. The molecule has 0 spiro atoms. The summed E-state index contributed by atoms with van der Waals surface area (Å²) in [6.45, 7) is 4.86. The second-order valence-corrected chi connectivity index (χ2v) is 9.93. The molecule has 1 fully saturated rings. The number of hydrogen-bond acceptors (Lipinski definition) is 7. The highest BCUT2D eigenvalue weighted by atomic mass is 32.1. The number of aromatic nitrogens is 4. The lowest BCUT2D eigenvalue weighted by atomic mass is 9.95. The summed E-state index contributed by atoms with van der Waals surface area (Å²) in [5, 5.41) is 4.82. The zero-order chi connectivity index (χ0) is 24.9. The van der Waals surface area contributed by atoms with Gasteiger partial charge in [0.1, 0.15) is 18.0 Å². The maximum absolute atomic E-state index is 14.0. The fourth-order valence-electron chi connectivity index (χ4n) is 4.05. The SMILES string of the molecule is Cc1nc(N2CC(C)(N)C2)sc1C(=O)c1ccc(-n2ncn(Cc3c(F)cccc3F)c2=O)cc1. The average Bonchev–Trinajstić information content (AvgIpc) is 3.36. The summed E-state index contributed by atoms with van der Waals surface area (Å²) >= 11 is 1.33. The number of carbonyl (C=O) groups excluding carboxylic acids is 1. The van der Waals surface area contributed by atoms with Crippen molar-refractivity contribution in [2.24, 2.45) is 5.73 Å². The maximum Gasteiger partial charge on any atom is 0.350 e. The van der Waals surface area contributed by atoms with Gasteiger partial charge in [-0.1, -0.05) is 17.4 Å². The van der Waals surface area contributed by atoms with Crippen LogP contribution in [-0.4, -0.2) is 43.7 Å². The lowest BCUT2D eigenvalue weighted by Gasteiger charge is -2.45. The Morgan fingerprint density at radius 2 is 1.80 bits per heavy atom. The highest BCUT2D eigenvalue weighted by Gasteiger charge is 2.37. The first-order valence-electron chi connectivity index (χ1n) is 10.9. The maximum atomic E-state index is 14.0. The van der Waals surface area contributed by atoms with Crippen molar-refractivity contribution in [2.45, 2.75) is 25.9 Å². The van der Waals surface area contributed by atoms with E-state index in [-0.39, 0.29) is 23.4 Å². The van der Waals surface area contributed by atoms with Gasteiger partial charge >= 0.3 is 5.69 Å². The number of ketones is 1. The molecule has 0 radical (unpaired) electrons. The van der Waals surface area contributed by atoms with E-state index in [0.29, 0.717) is 34.9 Å². The van der Waals surface area contributed by atoms with Gasteiger partial charge in [-0.25, -0.2) is 18.6 Å². The normalized spacial score (nSPS) is 14.7. The molecule has 11 heteroatoms. The van der Waals surface area contributed by atoms with Crippen molar-refractivity contribution < 1.29 is 13.6 Å². The highest BCUT2D eigenvalue weighted by Crippen LogP contribution is 2.33. The molecule has 0 unspecified atom stereocenters. The standard InChI is InChI=1S/C24H22F2N6O2S/c1-14-21(35-22(29-14)31-11-24(2,27)12-31)20(33)15-6-8-16(9-7-15)32-23(34)30(13-28-32)10-17-18(25)4-3-5-19(17)26/h3-9,13H,10-12,27H2,1-2H3. The zero-order valence-electron chi connectivity index (χ0n) is 19.0. The lowest BCUT2D eigenvalue weighted by Crippen LogP contribution is -2.65. The molecule has 4 aromatic rings. The molecule has 2 aromatic heterocycles. The molecule has 0 amide bonds. The number of nitrogens with two attached hydrogens (primary N) is 1. The molecule has 3 heterocycles. The van der Waals surface area contributed by atoms with E-state index >= 15 is 0 Å². The minimum Gasteiger partial charge on any atom is -0.344 e. The third kappa shape index (κ3) is 4.28. The number of hydrogen-bond donors (Lipinski definition) is 1. The van der Waals surface area contributed by atoms with Crippen LogP contribution in [-0.2, 0) is 6.54 Å². The second-order valence-electron chi connectivity index (χ2n) is 8.95.